The van der Waals surface area contributed by atoms with Gasteiger partial charge in [0, 0.05) is 18.6 Å². The van der Waals surface area contributed by atoms with Crippen LogP contribution in [0.5, 0.6) is 5.75 Å². The van der Waals surface area contributed by atoms with Gasteiger partial charge in [0.05, 0.1) is 7.11 Å². The average molecular weight is 297 g/mol. The van der Waals surface area contributed by atoms with Gasteiger partial charge in [0.2, 0.25) is 0 Å². The molecule has 2 unspecified atom stereocenters. The number of piperidine rings is 1. The first-order valence-electron chi connectivity index (χ1n) is 7.19. The first-order chi connectivity index (χ1) is 9.69. The van der Waals surface area contributed by atoms with Crippen molar-refractivity contribution in [2.75, 3.05) is 26.0 Å². The van der Waals surface area contributed by atoms with Gasteiger partial charge in [0.1, 0.15) is 6.33 Å². The highest BCUT2D eigenvalue weighted by Gasteiger charge is 2.38. The van der Waals surface area contributed by atoms with E-state index in [9.17, 15) is 0 Å². The number of nitrogens with zero attached hydrogens (tertiary/aromatic N) is 3. The van der Waals surface area contributed by atoms with E-state index in [0.717, 1.165) is 18.6 Å². The van der Waals surface area contributed by atoms with Crippen molar-refractivity contribution in [3.63, 3.8) is 0 Å². The van der Waals surface area contributed by atoms with Gasteiger partial charge < -0.3 is 15.0 Å². The first kappa shape index (κ1) is 13.9. The fraction of sp³-hybridized carbons (Fsp3) is 0.714. The third-order valence-corrected chi connectivity index (χ3v) is 4.99. The molecule has 1 aromatic heterocycles. The van der Waals surface area contributed by atoms with Crippen molar-refractivity contribution in [1.29, 1.82) is 0 Å². The first-order valence-corrected chi connectivity index (χ1v) is 7.57. The zero-order chi connectivity index (χ0) is 14.1. The third-order valence-electron chi connectivity index (χ3n) is 4.72. The molecule has 0 amide bonds. The number of hydrogen-bond acceptors (Lipinski definition) is 5. The Labute approximate surface area is 124 Å². The molecule has 2 fully saturated rings. The van der Waals surface area contributed by atoms with Crippen LogP contribution < -0.4 is 10.1 Å². The highest BCUT2D eigenvalue weighted by atomic mass is 35.5. The monoisotopic (exact) mass is 296 g/mol. The molecule has 6 heteroatoms. The highest BCUT2D eigenvalue weighted by molar-refractivity contribution is 6.31. The van der Waals surface area contributed by atoms with Crippen LogP contribution in [0.4, 0.5) is 5.82 Å². The lowest BCUT2D eigenvalue weighted by Crippen LogP contribution is -2.41. The molecule has 1 aromatic rings. The second-order valence-corrected chi connectivity index (χ2v) is 6.17. The normalized spacial score (nSPS) is 29.4. The summed E-state index contributed by atoms with van der Waals surface area (Å²) < 4.78 is 5.26. The number of ether oxygens (including phenoxy) is 1. The van der Waals surface area contributed by atoms with Gasteiger partial charge in [0.25, 0.3) is 0 Å². The molecule has 0 aliphatic carbocycles. The van der Waals surface area contributed by atoms with Crippen LogP contribution in [0.3, 0.4) is 0 Å². The Bertz CT molecular complexity index is 470. The predicted octanol–water partition coefficient (Wildman–Crippen LogP) is 2.42. The molecule has 0 radical (unpaired) electrons. The van der Waals surface area contributed by atoms with Crippen LogP contribution >= 0.6 is 11.6 Å². The molecule has 110 valence electrons. The van der Waals surface area contributed by atoms with E-state index in [1.54, 1.807) is 7.11 Å². The van der Waals surface area contributed by atoms with Crippen LogP contribution in [0.15, 0.2) is 6.33 Å². The molecule has 2 saturated heterocycles. The number of halogens is 1. The molecule has 2 aliphatic heterocycles. The summed E-state index contributed by atoms with van der Waals surface area (Å²) in [5.41, 5.74) is 0. The second kappa shape index (κ2) is 5.74. The topological polar surface area (TPSA) is 50.3 Å². The number of aromatic nitrogens is 2. The maximum Gasteiger partial charge on any atom is 0.198 e. The van der Waals surface area contributed by atoms with E-state index in [1.807, 2.05) is 0 Å². The van der Waals surface area contributed by atoms with Crippen LogP contribution in [-0.4, -0.2) is 47.7 Å². The van der Waals surface area contributed by atoms with Crippen molar-refractivity contribution >= 4 is 17.4 Å². The van der Waals surface area contributed by atoms with Crippen LogP contribution in [0.25, 0.3) is 0 Å². The lowest BCUT2D eigenvalue weighted by Gasteiger charge is -2.36. The van der Waals surface area contributed by atoms with Crippen molar-refractivity contribution < 1.29 is 4.74 Å². The van der Waals surface area contributed by atoms with Gasteiger partial charge in [-0.15, -0.1) is 0 Å². The van der Waals surface area contributed by atoms with Gasteiger partial charge in [-0.1, -0.05) is 11.6 Å². The highest BCUT2D eigenvalue weighted by Crippen LogP contribution is 2.37. The molecule has 0 aromatic carbocycles. The van der Waals surface area contributed by atoms with E-state index in [1.165, 1.54) is 32.0 Å². The van der Waals surface area contributed by atoms with Crippen molar-refractivity contribution in [2.45, 2.75) is 37.8 Å². The van der Waals surface area contributed by atoms with Crippen LogP contribution in [0.2, 0.25) is 5.15 Å². The van der Waals surface area contributed by atoms with E-state index in [-0.39, 0.29) is 0 Å². The van der Waals surface area contributed by atoms with Crippen molar-refractivity contribution in [1.82, 2.24) is 14.9 Å². The summed E-state index contributed by atoms with van der Waals surface area (Å²) in [6.45, 7) is 0.921. The van der Waals surface area contributed by atoms with Crippen molar-refractivity contribution in [3.05, 3.63) is 11.5 Å². The fourth-order valence-electron chi connectivity index (χ4n) is 3.59. The molecule has 1 N–H and O–H groups in total. The van der Waals surface area contributed by atoms with E-state index >= 15 is 0 Å². The zero-order valence-corrected chi connectivity index (χ0v) is 12.7. The molecule has 0 saturated carbocycles. The summed E-state index contributed by atoms with van der Waals surface area (Å²) in [6.07, 6.45) is 6.69. The summed E-state index contributed by atoms with van der Waals surface area (Å²) in [4.78, 5) is 10.7. The number of rotatable bonds is 4. The van der Waals surface area contributed by atoms with Gasteiger partial charge in [0.15, 0.2) is 16.7 Å². The zero-order valence-electron chi connectivity index (χ0n) is 12.0. The van der Waals surface area contributed by atoms with Gasteiger partial charge in [-0.2, -0.15) is 0 Å². The van der Waals surface area contributed by atoms with Crippen molar-refractivity contribution in [2.24, 2.45) is 5.92 Å². The maximum atomic E-state index is 6.00. The van der Waals surface area contributed by atoms with Crippen LogP contribution in [0.1, 0.15) is 25.7 Å². The fourth-order valence-corrected chi connectivity index (χ4v) is 3.80. The molecular formula is C14H21ClN4O. The SMILES string of the molecule is COc1c(Cl)ncnc1NCC1CC2CCC(C1)N2C. The Hall–Kier alpha value is -1.07. The maximum absolute atomic E-state index is 6.00. The van der Waals surface area contributed by atoms with Gasteiger partial charge in [-0.05, 0) is 38.6 Å². The third kappa shape index (κ3) is 2.56. The lowest BCUT2D eigenvalue weighted by atomic mass is 9.91. The minimum absolute atomic E-state index is 0.355. The Morgan fingerprint density at radius 1 is 1.35 bits per heavy atom. The minimum Gasteiger partial charge on any atom is -0.490 e. The number of anilines is 1. The molecule has 2 aliphatic rings. The van der Waals surface area contributed by atoms with Crippen LogP contribution in [0, 0.1) is 5.92 Å². The second-order valence-electron chi connectivity index (χ2n) is 5.82. The Morgan fingerprint density at radius 2 is 2.05 bits per heavy atom. The van der Waals surface area contributed by atoms with Crippen LogP contribution in [-0.2, 0) is 0 Å². The molecular weight excluding hydrogens is 276 g/mol. The molecule has 20 heavy (non-hydrogen) atoms. The molecule has 5 nitrogen and oxygen atoms in total. The number of methoxy groups -OCH3 is 1. The Morgan fingerprint density at radius 3 is 2.70 bits per heavy atom. The molecule has 3 rings (SSSR count). The van der Waals surface area contributed by atoms with E-state index in [0.29, 0.717) is 22.6 Å². The molecule has 0 spiro atoms. The van der Waals surface area contributed by atoms with E-state index in [2.05, 4.69) is 27.2 Å². The number of hydrogen-bond donors (Lipinski definition) is 1. The molecule has 3 heterocycles. The summed E-state index contributed by atoms with van der Waals surface area (Å²) >= 11 is 6.00. The predicted molar refractivity (Wildman–Crippen MR) is 79.4 cm³/mol. The Balaban J connectivity index is 1.62. The summed E-state index contributed by atoms with van der Waals surface area (Å²) in [5, 5.41) is 3.73. The lowest BCUT2D eigenvalue weighted by molar-refractivity contribution is 0.139. The van der Waals surface area contributed by atoms with Gasteiger partial charge in [-0.3, -0.25) is 0 Å². The molecule has 2 bridgehead atoms. The summed E-state index contributed by atoms with van der Waals surface area (Å²) in [5.74, 6) is 1.92. The smallest absolute Gasteiger partial charge is 0.198 e. The summed E-state index contributed by atoms with van der Waals surface area (Å²) in [7, 11) is 3.85. The summed E-state index contributed by atoms with van der Waals surface area (Å²) in [6, 6.07) is 1.52. The van der Waals surface area contributed by atoms with Crippen molar-refractivity contribution in [3.8, 4) is 5.75 Å². The van der Waals surface area contributed by atoms with Gasteiger partial charge in [-0.25, -0.2) is 9.97 Å². The molecule has 2 atom stereocenters. The largest absolute Gasteiger partial charge is 0.490 e. The van der Waals surface area contributed by atoms with E-state index in [4.69, 9.17) is 16.3 Å². The minimum atomic E-state index is 0.355. The number of nitrogens with one attached hydrogen (secondary N) is 1. The van der Waals surface area contributed by atoms with Gasteiger partial charge >= 0.3 is 0 Å². The average Bonchev–Trinajstić information content (AvgIpc) is 2.66. The quantitative estimate of drug-likeness (QED) is 0.865. The number of fused-ring (bicyclic) bond motifs is 2. The van der Waals surface area contributed by atoms with E-state index < -0.39 is 0 Å². The standard InChI is InChI=1S/C14H21ClN4O/c1-19-10-3-4-11(19)6-9(5-10)7-16-14-12(20-2)13(15)17-8-18-14/h8-11H,3-7H2,1-2H3,(H,16,17,18). The Kier molecular flexibility index (Phi) is 3.98.